The first kappa shape index (κ1) is 27.9. The van der Waals surface area contributed by atoms with Crippen LogP contribution >= 0.6 is 0 Å². The van der Waals surface area contributed by atoms with Gasteiger partial charge in [0.05, 0.1) is 5.69 Å². The van der Waals surface area contributed by atoms with Crippen molar-refractivity contribution in [2.75, 3.05) is 4.90 Å². The summed E-state index contributed by atoms with van der Waals surface area (Å²) < 4.78 is 6.70. The van der Waals surface area contributed by atoms with E-state index in [4.69, 9.17) is 4.42 Å². The van der Waals surface area contributed by atoms with Gasteiger partial charge in [-0.2, -0.15) is 0 Å². The third-order valence-corrected chi connectivity index (χ3v) is 9.27. The second-order valence-electron chi connectivity index (χ2n) is 12.1. The minimum atomic E-state index is 0.895. The fraction of sp³-hybridized carbons (Fsp3) is 0. The van der Waals surface area contributed by atoms with Gasteiger partial charge in [0.2, 0.25) is 0 Å². The van der Waals surface area contributed by atoms with Crippen LogP contribution in [0.4, 0.5) is 17.1 Å². The van der Waals surface area contributed by atoms with Crippen molar-refractivity contribution in [3.63, 3.8) is 0 Å². The molecule has 9 rings (SSSR count). The van der Waals surface area contributed by atoms with E-state index in [2.05, 4.69) is 187 Å². The maximum absolute atomic E-state index is 6.70. The Balaban J connectivity index is 1.28. The summed E-state index contributed by atoms with van der Waals surface area (Å²) in [6.07, 6.45) is 0. The molecular formula is C46H31NO. The first-order chi connectivity index (χ1) is 23.8. The summed E-state index contributed by atoms with van der Waals surface area (Å²) in [6.45, 7) is 0. The summed E-state index contributed by atoms with van der Waals surface area (Å²) >= 11 is 0. The summed E-state index contributed by atoms with van der Waals surface area (Å²) in [4.78, 5) is 2.37. The van der Waals surface area contributed by atoms with Crippen LogP contribution < -0.4 is 4.90 Å². The van der Waals surface area contributed by atoms with E-state index in [1.807, 2.05) is 6.07 Å². The Bertz CT molecular complexity index is 2450. The largest absolute Gasteiger partial charge is 0.455 e. The van der Waals surface area contributed by atoms with Crippen molar-refractivity contribution < 1.29 is 4.42 Å². The average Bonchev–Trinajstić information content (AvgIpc) is 3.54. The van der Waals surface area contributed by atoms with Gasteiger partial charge in [-0.05, 0) is 75.5 Å². The van der Waals surface area contributed by atoms with Crippen molar-refractivity contribution in [3.8, 4) is 33.4 Å². The van der Waals surface area contributed by atoms with Crippen LogP contribution in [0, 0.1) is 0 Å². The minimum Gasteiger partial charge on any atom is -0.455 e. The topological polar surface area (TPSA) is 16.4 Å². The van der Waals surface area contributed by atoms with Crippen LogP contribution in [-0.2, 0) is 0 Å². The molecule has 0 fully saturated rings. The molecule has 0 aliphatic carbocycles. The number of para-hydroxylation sites is 2. The van der Waals surface area contributed by atoms with Gasteiger partial charge in [0.15, 0.2) is 0 Å². The molecule has 0 radical (unpaired) electrons. The number of nitrogens with zero attached hydrogens (tertiary/aromatic N) is 1. The first-order valence-corrected chi connectivity index (χ1v) is 16.4. The normalized spacial score (nSPS) is 11.3. The molecule has 0 saturated heterocycles. The van der Waals surface area contributed by atoms with Crippen molar-refractivity contribution in [1.82, 2.24) is 0 Å². The van der Waals surface area contributed by atoms with Crippen LogP contribution in [0.5, 0.6) is 0 Å². The molecule has 1 aromatic heterocycles. The van der Waals surface area contributed by atoms with Gasteiger partial charge in [0.25, 0.3) is 0 Å². The molecule has 0 unspecified atom stereocenters. The lowest BCUT2D eigenvalue weighted by Crippen LogP contribution is -2.11. The van der Waals surface area contributed by atoms with Gasteiger partial charge in [-0.3, -0.25) is 0 Å². The molecule has 9 aromatic rings. The molecule has 48 heavy (non-hydrogen) atoms. The lowest BCUT2D eigenvalue weighted by molar-refractivity contribution is 0.670. The van der Waals surface area contributed by atoms with E-state index in [0.29, 0.717) is 0 Å². The van der Waals surface area contributed by atoms with E-state index in [0.717, 1.165) is 55.5 Å². The molecule has 0 aliphatic rings. The van der Waals surface area contributed by atoms with Gasteiger partial charge in [-0.15, -0.1) is 0 Å². The molecule has 0 N–H and O–H groups in total. The zero-order chi connectivity index (χ0) is 31.9. The van der Waals surface area contributed by atoms with E-state index in [1.54, 1.807) is 0 Å². The predicted molar refractivity (Wildman–Crippen MR) is 202 cm³/mol. The van der Waals surface area contributed by atoms with Crippen molar-refractivity contribution in [1.29, 1.82) is 0 Å². The molecule has 226 valence electrons. The third-order valence-electron chi connectivity index (χ3n) is 9.27. The molecule has 0 atom stereocenters. The van der Waals surface area contributed by atoms with Crippen LogP contribution in [0.2, 0.25) is 0 Å². The average molecular weight is 614 g/mol. The highest BCUT2D eigenvalue weighted by Gasteiger charge is 2.22. The third kappa shape index (κ3) is 4.83. The molecule has 2 heteroatoms. The summed E-state index contributed by atoms with van der Waals surface area (Å²) in [7, 11) is 0. The monoisotopic (exact) mass is 613 g/mol. The molecule has 2 nitrogen and oxygen atoms in total. The highest BCUT2D eigenvalue weighted by Crippen LogP contribution is 2.47. The highest BCUT2D eigenvalue weighted by molar-refractivity contribution is 6.19. The lowest BCUT2D eigenvalue weighted by Gasteiger charge is -2.28. The second-order valence-corrected chi connectivity index (χ2v) is 12.1. The Morgan fingerprint density at radius 2 is 0.875 bits per heavy atom. The molecule has 0 amide bonds. The number of anilines is 3. The van der Waals surface area contributed by atoms with E-state index in [9.17, 15) is 0 Å². The molecule has 0 saturated carbocycles. The molecule has 0 spiro atoms. The zero-order valence-corrected chi connectivity index (χ0v) is 26.3. The lowest BCUT2D eigenvalue weighted by atomic mass is 9.93. The van der Waals surface area contributed by atoms with Gasteiger partial charge < -0.3 is 9.32 Å². The quantitative estimate of drug-likeness (QED) is 0.185. The first-order valence-electron chi connectivity index (χ1n) is 16.4. The minimum absolute atomic E-state index is 0.895. The summed E-state index contributed by atoms with van der Waals surface area (Å²) in [5.41, 5.74) is 12.0. The predicted octanol–water partition coefficient (Wildman–Crippen LogP) is 13.2. The van der Waals surface area contributed by atoms with Crippen LogP contribution in [0.15, 0.2) is 192 Å². The molecule has 8 aromatic carbocycles. The fourth-order valence-corrected chi connectivity index (χ4v) is 6.96. The number of benzene rings is 8. The smallest absolute Gasteiger partial charge is 0.143 e. The van der Waals surface area contributed by atoms with E-state index in [-0.39, 0.29) is 0 Å². The summed E-state index contributed by atoms with van der Waals surface area (Å²) in [5.74, 6) is 0. The number of fused-ring (bicyclic) bond motifs is 4. The molecule has 0 bridgehead atoms. The van der Waals surface area contributed by atoms with Crippen molar-refractivity contribution >= 4 is 49.8 Å². The maximum atomic E-state index is 6.70. The maximum Gasteiger partial charge on any atom is 0.143 e. The van der Waals surface area contributed by atoms with Crippen molar-refractivity contribution in [2.45, 2.75) is 0 Å². The van der Waals surface area contributed by atoms with Crippen molar-refractivity contribution in [3.05, 3.63) is 188 Å². The highest BCUT2D eigenvalue weighted by atomic mass is 16.3. The second kappa shape index (κ2) is 11.8. The van der Waals surface area contributed by atoms with Gasteiger partial charge in [-0.25, -0.2) is 0 Å². The van der Waals surface area contributed by atoms with Crippen LogP contribution in [-0.4, -0.2) is 0 Å². The fourth-order valence-electron chi connectivity index (χ4n) is 6.96. The zero-order valence-electron chi connectivity index (χ0n) is 26.3. The Hall–Kier alpha value is -6.38. The SMILES string of the molecule is c1ccc(-c2ccc(N(c3ccc(-c4ccccc4)cc3)c3ccccc3-c3c4ccccc4cc4c3oc3ccccc34)cc2)cc1. The molecular weight excluding hydrogens is 583 g/mol. The van der Waals surface area contributed by atoms with Crippen molar-refractivity contribution in [2.24, 2.45) is 0 Å². The Morgan fingerprint density at radius 3 is 1.52 bits per heavy atom. The summed E-state index contributed by atoms with van der Waals surface area (Å²) in [5, 5.41) is 4.60. The van der Waals surface area contributed by atoms with Gasteiger partial charge in [-0.1, -0.05) is 146 Å². The van der Waals surface area contributed by atoms with Gasteiger partial charge in [0.1, 0.15) is 11.2 Å². The van der Waals surface area contributed by atoms with Crippen LogP contribution in [0.25, 0.3) is 66.1 Å². The van der Waals surface area contributed by atoms with Gasteiger partial charge in [0, 0.05) is 33.3 Å². The standard InChI is InChI=1S/C46H31NO/c1-3-13-32(14-4-1)34-23-27-37(28-24-34)47(38-29-25-35(26-30-38)33-15-5-2-6-16-33)43-21-11-9-20-41(43)45-39-18-8-7-17-36(39)31-42-40-19-10-12-22-44(40)48-46(42)45/h1-31H. The number of furan rings is 1. The summed E-state index contributed by atoms with van der Waals surface area (Å²) in [6, 6.07) is 66.8. The molecule has 0 aliphatic heterocycles. The Morgan fingerprint density at radius 1 is 0.375 bits per heavy atom. The van der Waals surface area contributed by atoms with Gasteiger partial charge >= 0.3 is 0 Å². The Kier molecular flexibility index (Phi) is 6.84. The Labute approximate surface area is 279 Å². The number of hydrogen-bond donors (Lipinski definition) is 0. The number of hydrogen-bond acceptors (Lipinski definition) is 2. The number of rotatable bonds is 6. The van der Waals surface area contributed by atoms with E-state index < -0.39 is 0 Å². The van der Waals surface area contributed by atoms with E-state index in [1.165, 1.54) is 27.6 Å². The molecule has 1 heterocycles. The van der Waals surface area contributed by atoms with Crippen LogP contribution in [0.1, 0.15) is 0 Å². The van der Waals surface area contributed by atoms with Crippen LogP contribution in [0.3, 0.4) is 0 Å². The van der Waals surface area contributed by atoms with E-state index >= 15 is 0 Å².